The van der Waals surface area contributed by atoms with Crippen LogP contribution in [0.25, 0.3) is 0 Å². The van der Waals surface area contributed by atoms with E-state index in [-0.39, 0.29) is 25.0 Å². The number of H-pyrrole nitrogens is 1. The van der Waals surface area contributed by atoms with Gasteiger partial charge in [0.05, 0.1) is 6.54 Å². The Bertz CT molecular complexity index is 365. The molecule has 2 amide bonds. The van der Waals surface area contributed by atoms with Crippen LogP contribution in [0.1, 0.15) is 25.6 Å². The molecule has 0 saturated carbocycles. The number of urea groups is 1. The number of aliphatic carboxylic acids is 1. The van der Waals surface area contributed by atoms with Crippen LogP contribution >= 0.6 is 0 Å². The molecule has 0 radical (unpaired) electrons. The Hall–Kier alpha value is -2.12. The third-order valence-corrected chi connectivity index (χ3v) is 2.05. The maximum absolute atomic E-state index is 11.4. The van der Waals surface area contributed by atoms with Crippen molar-refractivity contribution >= 4 is 12.0 Å². The third kappa shape index (κ3) is 5.50. The molecule has 0 fully saturated rings. The number of hydrogen-bond donors (Lipinski definition) is 4. The molecule has 0 saturated heterocycles. The maximum atomic E-state index is 11.4. The van der Waals surface area contributed by atoms with Gasteiger partial charge in [0.1, 0.15) is 12.2 Å². The summed E-state index contributed by atoms with van der Waals surface area (Å²) in [7, 11) is 0. The molecule has 0 aliphatic heterocycles. The van der Waals surface area contributed by atoms with Gasteiger partial charge in [-0.2, -0.15) is 5.10 Å². The summed E-state index contributed by atoms with van der Waals surface area (Å²) in [6.07, 6.45) is 1.78. The summed E-state index contributed by atoms with van der Waals surface area (Å²) in [5, 5.41) is 19.9. The lowest BCUT2D eigenvalue weighted by Gasteiger charge is -2.12. The second kappa shape index (κ2) is 6.46. The minimum absolute atomic E-state index is 0.0313. The highest BCUT2D eigenvalue weighted by Gasteiger charge is 2.09. The fourth-order valence-electron chi connectivity index (χ4n) is 1.17. The van der Waals surface area contributed by atoms with Gasteiger partial charge in [-0.1, -0.05) is 0 Å². The number of nitrogens with one attached hydrogen (secondary N) is 3. The Morgan fingerprint density at radius 1 is 1.59 bits per heavy atom. The van der Waals surface area contributed by atoms with E-state index in [9.17, 15) is 9.59 Å². The average Bonchev–Trinajstić information content (AvgIpc) is 2.76. The van der Waals surface area contributed by atoms with E-state index in [1.165, 1.54) is 6.33 Å². The predicted molar refractivity (Wildman–Crippen MR) is 58.1 cm³/mol. The molecule has 8 nitrogen and oxygen atoms in total. The smallest absolute Gasteiger partial charge is 0.315 e. The molecule has 0 aliphatic rings. The summed E-state index contributed by atoms with van der Waals surface area (Å²) in [6.45, 7) is 1.99. The van der Waals surface area contributed by atoms with Crippen molar-refractivity contribution in [2.45, 2.75) is 32.4 Å². The van der Waals surface area contributed by atoms with Crippen LogP contribution in [0, 0.1) is 0 Å². The van der Waals surface area contributed by atoms with Crippen molar-refractivity contribution in [1.29, 1.82) is 0 Å². The molecule has 0 aromatic carbocycles. The van der Waals surface area contributed by atoms with Crippen LogP contribution in [0.3, 0.4) is 0 Å². The van der Waals surface area contributed by atoms with Crippen LogP contribution in [-0.2, 0) is 11.3 Å². The van der Waals surface area contributed by atoms with Crippen molar-refractivity contribution in [2.24, 2.45) is 0 Å². The Balaban J connectivity index is 2.18. The van der Waals surface area contributed by atoms with Crippen molar-refractivity contribution in [2.75, 3.05) is 0 Å². The number of hydrogen-bond acceptors (Lipinski definition) is 4. The van der Waals surface area contributed by atoms with E-state index < -0.39 is 5.97 Å². The number of carboxylic acids is 1. The van der Waals surface area contributed by atoms with E-state index in [0.717, 1.165) is 0 Å². The van der Waals surface area contributed by atoms with E-state index in [0.29, 0.717) is 12.2 Å². The van der Waals surface area contributed by atoms with E-state index in [2.05, 4.69) is 25.8 Å². The standard InChI is InChI=1S/C9H15N5O3/c1-6(2-3-8(15)16)13-9(17)10-4-7-11-5-12-14-7/h5-6H,2-4H2,1H3,(H,15,16)(H2,10,13,17)(H,11,12,14). The zero-order valence-corrected chi connectivity index (χ0v) is 9.43. The van der Waals surface area contributed by atoms with Gasteiger partial charge < -0.3 is 15.7 Å². The summed E-state index contributed by atoms with van der Waals surface area (Å²) in [6, 6.07) is -0.555. The van der Waals surface area contributed by atoms with Crippen LogP contribution in [-0.4, -0.2) is 38.3 Å². The Labute approximate surface area is 97.8 Å². The van der Waals surface area contributed by atoms with Gasteiger partial charge in [0, 0.05) is 12.5 Å². The highest BCUT2D eigenvalue weighted by atomic mass is 16.4. The third-order valence-electron chi connectivity index (χ3n) is 2.05. The molecule has 94 valence electrons. The molecule has 8 heteroatoms. The fraction of sp³-hybridized carbons (Fsp3) is 0.556. The minimum atomic E-state index is -0.874. The first-order valence-corrected chi connectivity index (χ1v) is 5.18. The highest BCUT2D eigenvalue weighted by molar-refractivity contribution is 5.74. The van der Waals surface area contributed by atoms with Crippen LogP contribution in [0.5, 0.6) is 0 Å². The van der Waals surface area contributed by atoms with Gasteiger partial charge in [-0.25, -0.2) is 9.78 Å². The van der Waals surface area contributed by atoms with Gasteiger partial charge in [-0.05, 0) is 13.3 Å². The number of aromatic amines is 1. The van der Waals surface area contributed by atoms with Gasteiger partial charge in [-0.3, -0.25) is 9.89 Å². The lowest BCUT2D eigenvalue weighted by atomic mass is 10.2. The first-order chi connectivity index (χ1) is 8.08. The van der Waals surface area contributed by atoms with E-state index in [1.54, 1.807) is 6.92 Å². The molecule has 1 heterocycles. The fourth-order valence-corrected chi connectivity index (χ4v) is 1.17. The number of aromatic nitrogens is 3. The number of rotatable bonds is 6. The zero-order chi connectivity index (χ0) is 12.7. The molecule has 1 aromatic heterocycles. The molecular weight excluding hydrogens is 226 g/mol. The van der Waals surface area contributed by atoms with Crippen molar-refractivity contribution < 1.29 is 14.7 Å². The average molecular weight is 241 g/mol. The quantitative estimate of drug-likeness (QED) is 0.552. The van der Waals surface area contributed by atoms with Crippen molar-refractivity contribution in [3.63, 3.8) is 0 Å². The summed E-state index contributed by atoms with van der Waals surface area (Å²) in [5.41, 5.74) is 0. The maximum Gasteiger partial charge on any atom is 0.315 e. The molecule has 0 spiro atoms. The Kier molecular flexibility index (Phi) is 4.92. The van der Waals surface area contributed by atoms with E-state index in [1.807, 2.05) is 0 Å². The monoisotopic (exact) mass is 241 g/mol. The van der Waals surface area contributed by atoms with Crippen LogP contribution < -0.4 is 10.6 Å². The molecule has 1 aromatic rings. The summed E-state index contributed by atoms with van der Waals surface area (Å²) >= 11 is 0. The van der Waals surface area contributed by atoms with Crippen molar-refractivity contribution in [3.8, 4) is 0 Å². The number of amides is 2. The molecular formula is C9H15N5O3. The number of nitrogens with zero attached hydrogens (tertiary/aromatic N) is 2. The normalized spacial score (nSPS) is 11.8. The predicted octanol–water partition coefficient (Wildman–Crippen LogP) is -0.143. The zero-order valence-electron chi connectivity index (χ0n) is 9.43. The molecule has 0 bridgehead atoms. The summed E-state index contributed by atoms with van der Waals surface area (Å²) < 4.78 is 0. The van der Waals surface area contributed by atoms with Crippen LogP contribution in [0.15, 0.2) is 6.33 Å². The molecule has 1 unspecified atom stereocenters. The lowest BCUT2D eigenvalue weighted by molar-refractivity contribution is -0.137. The second-order valence-corrected chi connectivity index (χ2v) is 3.59. The molecule has 1 rings (SSSR count). The van der Waals surface area contributed by atoms with Gasteiger partial charge in [0.15, 0.2) is 0 Å². The second-order valence-electron chi connectivity index (χ2n) is 3.59. The van der Waals surface area contributed by atoms with Crippen LogP contribution in [0.4, 0.5) is 4.79 Å². The van der Waals surface area contributed by atoms with E-state index in [4.69, 9.17) is 5.11 Å². The number of carboxylic acid groups (broad SMARTS) is 1. The Morgan fingerprint density at radius 2 is 2.35 bits per heavy atom. The Morgan fingerprint density at radius 3 is 2.94 bits per heavy atom. The van der Waals surface area contributed by atoms with E-state index >= 15 is 0 Å². The largest absolute Gasteiger partial charge is 0.481 e. The first-order valence-electron chi connectivity index (χ1n) is 5.18. The topological polar surface area (TPSA) is 120 Å². The molecule has 4 N–H and O–H groups in total. The summed E-state index contributed by atoms with van der Waals surface area (Å²) in [4.78, 5) is 25.5. The number of carbonyl (C=O) groups is 2. The molecule has 1 atom stereocenters. The van der Waals surface area contributed by atoms with Gasteiger partial charge >= 0.3 is 12.0 Å². The van der Waals surface area contributed by atoms with Gasteiger partial charge in [-0.15, -0.1) is 0 Å². The number of carbonyl (C=O) groups excluding carboxylic acids is 1. The van der Waals surface area contributed by atoms with Gasteiger partial charge in [0.25, 0.3) is 0 Å². The summed E-state index contributed by atoms with van der Waals surface area (Å²) in [5.74, 6) is -0.320. The van der Waals surface area contributed by atoms with Gasteiger partial charge in [0.2, 0.25) is 0 Å². The first kappa shape index (κ1) is 12.9. The highest BCUT2D eigenvalue weighted by Crippen LogP contribution is 1.96. The lowest BCUT2D eigenvalue weighted by Crippen LogP contribution is -2.40. The molecule has 17 heavy (non-hydrogen) atoms. The van der Waals surface area contributed by atoms with Crippen molar-refractivity contribution in [1.82, 2.24) is 25.8 Å². The van der Waals surface area contributed by atoms with Crippen LogP contribution in [0.2, 0.25) is 0 Å². The minimum Gasteiger partial charge on any atom is -0.481 e. The van der Waals surface area contributed by atoms with Crippen molar-refractivity contribution in [3.05, 3.63) is 12.2 Å². The molecule has 0 aliphatic carbocycles. The SMILES string of the molecule is CC(CCC(=O)O)NC(=O)NCc1ncn[nH]1.